The normalized spacial score (nSPS) is 15.8. The lowest BCUT2D eigenvalue weighted by Crippen LogP contribution is -2.19. The molecule has 1 aliphatic carbocycles. The summed E-state index contributed by atoms with van der Waals surface area (Å²) in [4.78, 5) is 0. The quantitative estimate of drug-likeness (QED) is 0.823. The SMILES string of the molecule is COc1ccc(CNCC(C)C)cc1OC1CCCC1. The molecule has 0 amide bonds. The van der Waals surface area contributed by atoms with Crippen molar-refractivity contribution in [3.8, 4) is 11.5 Å². The van der Waals surface area contributed by atoms with Gasteiger partial charge in [-0.2, -0.15) is 0 Å². The lowest BCUT2D eigenvalue weighted by molar-refractivity contribution is 0.200. The third kappa shape index (κ3) is 4.41. The highest BCUT2D eigenvalue weighted by Gasteiger charge is 2.18. The molecule has 20 heavy (non-hydrogen) atoms. The number of benzene rings is 1. The standard InChI is InChI=1S/C17H27NO2/c1-13(2)11-18-12-14-8-9-16(19-3)17(10-14)20-15-6-4-5-7-15/h8-10,13,15,18H,4-7,11-12H2,1-3H3. The van der Waals surface area contributed by atoms with E-state index in [1.807, 2.05) is 6.07 Å². The van der Waals surface area contributed by atoms with E-state index in [1.165, 1.54) is 31.2 Å². The largest absolute Gasteiger partial charge is 0.493 e. The Balaban J connectivity index is 1.99. The molecular formula is C17H27NO2. The van der Waals surface area contributed by atoms with Crippen molar-refractivity contribution < 1.29 is 9.47 Å². The van der Waals surface area contributed by atoms with Crippen LogP contribution in [0.25, 0.3) is 0 Å². The Morgan fingerprint density at radius 3 is 2.60 bits per heavy atom. The van der Waals surface area contributed by atoms with E-state index in [9.17, 15) is 0 Å². The van der Waals surface area contributed by atoms with Crippen LogP contribution in [-0.4, -0.2) is 19.8 Å². The molecule has 1 N–H and O–H groups in total. The van der Waals surface area contributed by atoms with Crippen LogP contribution in [0.2, 0.25) is 0 Å². The van der Waals surface area contributed by atoms with Crippen molar-refractivity contribution in [3.63, 3.8) is 0 Å². The van der Waals surface area contributed by atoms with E-state index < -0.39 is 0 Å². The summed E-state index contributed by atoms with van der Waals surface area (Å²) >= 11 is 0. The van der Waals surface area contributed by atoms with Crippen LogP contribution in [0.1, 0.15) is 45.1 Å². The third-order valence-electron chi connectivity index (χ3n) is 3.71. The minimum atomic E-state index is 0.364. The number of ether oxygens (including phenoxy) is 2. The van der Waals surface area contributed by atoms with Crippen molar-refractivity contribution in [2.75, 3.05) is 13.7 Å². The van der Waals surface area contributed by atoms with E-state index in [0.717, 1.165) is 24.6 Å². The molecule has 0 heterocycles. The van der Waals surface area contributed by atoms with Crippen LogP contribution in [0.15, 0.2) is 18.2 Å². The van der Waals surface area contributed by atoms with Gasteiger partial charge in [0.2, 0.25) is 0 Å². The van der Waals surface area contributed by atoms with Gasteiger partial charge in [-0.25, -0.2) is 0 Å². The van der Waals surface area contributed by atoms with E-state index in [2.05, 4.69) is 31.3 Å². The molecule has 112 valence electrons. The van der Waals surface area contributed by atoms with Crippen LogP contribution in [0.4, 0.5) is 0 Å². The Kier molecular flexibility index (Phi) is 5.72. The van der Waals surface area contributed by atoms with Crippen LogP contribution >= 0.6 is 0 Å². The number of methoxy groups -OCH3 is 1. The molecule has 1 fully saturated rings. The fourth-order valence-corrected chi connectivity index (χ4v) is 2.61. The second-order valence-corrected chi connectivity index (χ2v) is 6.03. The second kappa shape index (κ2) is 7.53. The fourth-order valence-electron chi connectivity index (χ4n) is 2.61. The lowest BCUT2D eigenvalue weighted by Gasteiger charge is -2.17. The Morgan fingerprint density at radius 1 is 1.20 bits per heavy atom. The zero-order valence-corrected chi connectivity index (χ0v) is 12.9. The topological polar surface area (TPSA) is 30.5 Å². The summed E-state index contributed by atoms with van der Waals surface area (Å²) < 4.78 is 11.5. The van der Waals surface area contributed by atoms with Gasteiger partial charge in [-0.05, 0) is 55.8 Å². The molecule has 0 aromatic heterocycles. The molecule has 0 unspecified atom stereocenters. The van der Waals surface area contributed by atoms with Gasteiger partial charge in [0.15, 0.2) is 11.5 Å². The number of nitrogens with one attached hydrogen (secondary N) is 1. The molecule has 0 bridgehead atoms. The van der Waals surface area contributed by atoms with Crippen molar-refractivity contribution in [2.24, 2.45) is 5.92 Å². The predicted molar refractivity (Wildman–Crippen MR) is 82.4 cm³/mol. The van der Waals surface area contributed by atoms with Gasteiger partial charge in [0.1, 0.15) is 0 Å². The molecule has 0 atom stereocenters. The molecule has 0 saturated heterocycles. The Morgan fingerprint density at radius 2 is 1.95 bits per heavy atom. The smallest absolute Gasteiger partial charge is 0.161 e. The molecule has 1 saturated carbocycles. The van der Waals surface area contributed by atoms with Crippen LogP contribution in [-0.2, 0) is 6.54 Å². The van der Waals surface area contributed by atoms with E-state index >= 15 is 0 Å². The van der Waals surface area contributed by atoms with Gasteiger partial charge in [-0.3, -0.25) is 0 Å². The van der Waals surface area contributed by atoms with Crippen LogP contribution in [0.3, 0.4) is 0 Å². The average molecular weight is 277 g/mol. The molecule has 0 spiro atoms. The van der Waals surface area contributed by atoms with Gasteiger partial charge in [0, 0.05) is 6.54 Å². The molecule has 1 aliphatic rings. The van der Waals surface area contributed by atoms with E-state index in [0.29, 0.717) is 12.0 Å². The Hall–Kier alpha value is -1.22. The van der Waals surface area contributed by atoms with Crippen molar-refractivity contribution in [2.45, 2.75) is 52.2 Å². The summed E-state index contributed by atoms with van der Waals surface area (Å²) in [6.45, 7) is 6.35. The summed E-state index contributed by atoms with van der Waals surface area (Å²) in [5, 5.41) is 3.46. The zero-order chi connectivity index (χ0) is 14.4. The highest BCUT2D eigenvalue weighted by Crippen LogP contribution is 2.32. The van der Waals surface area contributed by atoms with E-state index in [-0.39, 0.29) is 0 Å². The molecular weight excluding hydrogens is 250 g/mol. The average Bonchev–Trinajstić information content (AvgIpc) is 2.91. The van der Waals surface area contributed by atoms with Crippen molar-refractivity contribution >= 4 is 0 Å². The number of hydrogen-bond donors (Lipinski definition) is 1. The van der Waals surface area contributed by atoms with Crippen LogP contribution < -0.4 is 14.8 Å². The first kappa shape index (κ1) is 15.2. The number of hydrogen-bond acceptors (Lipinski definition) is 3. The van der Waals surface area contributed by atoms with E-state index in [4.69, 9.17) is 9.47 Å². The summed E-state index contributed by atoms with van der Waals surface area (Å²) in [5.74, 6) is 2.40. The third-order valence-corrected chi connectivity index (χ3v) is 3.71. The van der Waals surface area contributed by atoms with Crippen LogP contribution in [0, 0.1) is 5.92 Å². The maximum absolute atomic E-state index is 6.11. The van der Waals surface area contributed by atoms with Gasteiger partial charge in [0.25, 0.3) is 0 Å². The Bertz CT molecular complexity index is 411. The summed E-state index contributed by atoms with van der Waals surface area (Å²) in [6, 6.07) is 6.23. The monoisotopic (exact) mass is 277 g/mol. The first-order chi connectivity index (χ1) is 9.69. The number of rotatable bonds is 7. The maximum Gasteiger partial charge on any atom is 0.161 e. The molecule has 2 rings (SSSR count). The van der Waals surface area contributed by atoms with Gasteiger partial charge in [-0.15, -0.1) is 0 Å². The summed E-state index contributed by atoms with van der Waals surface area (Å²) in [7, 11) is 1.70. The fraction of sp³-hybridized carbons (Fsp3) is 0.647. The lowest BCUT2D eigenvalue weighted by atomic mass is 10.1. The minimum Gasteiger partial charge on any atom is -0.493 e. The van der Waals surface area contributed by atoms with Crippen molar-refractivity contribution in [1.29, 1.82) is 0 Å². The minimum absolute atomic E-state index is 0.364. The van der Waals surface area contributed by atoms with Gasteiger partial charge < -0.3 is 14.8 Å². The van der Waals surface area contributed by atoms with Gasteiger partial charge in [0.05, 0.1) is 13.2 Å². The highest BCUT2D eigenvalue weighted by molar-refractivity contribution is 5.43. The molecule has 3 heteroatoms. The summed E-state index contributed by atoms with van der Waals surface area (Å²) in [6.07, 6.45) is 5.26. The van der Waals surface area contributed by atoms with Crippen molar-refractivity contribution in [1.82, 2.24) is 5.32 Å². The van der Waals surface area contributed by atoms with Crippen LogP contribution in [0.5, 0.6) is 11.5 Å². The molecule has 1 aromatic carbocycles. The van der Waals surface area contributed by atoms with Crippen molar-refractivity contribution in [3.05, 3.63) is 23.8 Å². The first-order valence-electron chi connectivity index (χ1n) is 7.73. The molecule has 0 aliphatic heterocycles. The van der Waals surface area contributed by atoms with Gasteiger partial charge in [-0.1, -0.05) is 19.9 Å². The zero-order valence-electron chi connectivity index (χ0n) is 12.9. The molecule has 1 aromatic rings. The highest BCUT2D eigenvalue weighted by atomic mass is 16.5. The predicted octanol–water partition coefficient (Wildman–Crippen LogP) is 3.76. The summed E-state index contributed by atoms with van der Waals surface area (Å²) in [5.41, 5.74) is 1.25. The first-order valence-corrected chi connectivity index (χ1v) is 7.73. The molecule has 3 nitrogen and oxygen atoms in total. The Labute approximate surface area is 122 Å². The maximum atomic E-state index is 6.11. The molecule has 0 radical (unpaired) electrons. The van der Waals surface area contributed by atoms with Gasteiger partial charge >= 0.3 is 0 Å². The van der Waals surface area contributed by atoms with E-state index in [1.54, 1.807) is 7.11 Å². The second-order valence-electron chi connectivity index (χ2n) is 6.03.